The highest BCUT2D eigenvalue weighted by Gasteiger charge is 2.51. The van der Waals surface area contributed by atoms with E-state index >= 15 is 0 Å². The molecule has 2 heterocycles. The Morgan fingerprint density at radius 2 is 1.50 bits per heavy atom. The number of rotatable bonds is 8. The molecule has 8 heteroatoms. The minimum atomic E-state index is -1.30. The second-order valence-corrected chi connectivity index (χ2v) is 11.2. The van der Waals surface area contributed by atoms with Crippen LogP contribution in [0.5, 0.6) is 5.75 Å². The molecular weight excluding hydrogens is 552 g/mol. The van der Waals surface area contributed by atoms with Crippen molar-refractivity contribution in [2.24, 2.45) is 16.6 Å². The maximum absolute atomic E-state index is 14.5. The number of amides is 2. The fraction of sp³-hybridized carbons (Fsp3) is 0.250. The summed E-state index contributed by atoms with van der Waals surface area (Å²) in [7, 11) is 1.64. The van der Waals surface area contributed by atoms with Crippen molar-refractivity contribution < 1.29 is 19.1 Å². The highest BCUT2D eigenvalue weighted by atomic mass is 16.6. The lowest BCUT2D eigenvalue weighted by Crippen LogP contribution is -2.48. The van der Waals surface area contributed by atoms with E-state index in [1.807, 2.05) is 109 Å². The Morgan fingerprint density at radius 3 is 2.20 bits per heavy atom. The van der Waals surface area contributed by atoms with Crippen LogP contribution in [0.15, 0.2) is 114 Å². The summed E-state index contributed by atoms with van der Waals surface area (Å²) >= 11 is 0. The van der Waals surface area contributed by atoms with Crippen molar-refractivity contribution in [3.05, 3.63) is 126 Å². The third kappa shape index (κ3) is 5.75. The quantitative estimate of drug-likeness (QED) is 0.280. The number of hydrogen-bond donors (Lipinski definition) is 1. The third-order valence-electron chi connectivity index (χ3n) is 8.51. The number of likely N-dealkylation sites (tertiary alicyclic amines) is 1. The van der Waals surface area contributed by atoms with Gasteiger partial charge in [-0.2, -0.15) is 0 Å². The smallest absolute Gasteiger partial charge is 0.410 e. The molecule has 0 saturated carbocycles. The van der Waals surface area contributed by atoms with Gasteiger partial charge in [0.15, 0.2) is 11.5 Å². The fourth-order valence-electron chi connectivity index (χ4n) is 6.07. The van der Waals surface area contributed by atoms with E-state index in [-0.39, 0.29) is 30.5 Å². The SMILES string of the molecule is COc1cccc(-c2cccc(C3(c4ccccc4)N=C(N)N(CC4CCN(C(=O)OCc5ccccc5)CC4)C3=O)c2)c1. The van der Waals surface area contributed by atoms with E-state index in [4.69, 9.17) is 20.2 Å². The summed E-state index contributed by atoms with van der Waals surface area (Å²) < 4.78 is 11.0. The van der Waals surface area contributed by atoms with Crippen molar-refractivity contribution in [2.45, 2.75) is 25.0 Å². The van der Waals surface area contributed by atoms with Crippen LogP contribution < -0.4 is 10.5 Å². The molecule has 1 saturated heterocycles. The molecule has 2 aliphatic rings. The molecule has 1 atom stereocenters. The maximum Gasteiger partial charge on any atom is 0.410 e. The van der Waals surface area contributed by atoms with Gasteiger partial charge < -0.3 is 20.1 Å². The van der Waals surface area contributed by atoms with Crippen LogP contribution in [-0.4, -0.2) is 54.5 Å². The molecule has 2 amide bonds. The van der Waals surface area contributed by atoms with Crippen LogP contribution in [0.4, 0.5) is 4.79 Å². The number of piperidine rings is 1. The average Bonchev–Trinajstić information content (AvgIpc) is 3.34. The van der Waals surface area contributed by atoms with Crippen molar-refractivity contribution in [3.8, 4) is 16.9 Å². The zero-order chi connectivity index (χ0) is 30.5. The zero-order valence-electron chi connectivity index (χ0n) is 24.8. The molecule has 4 aromatic rings. The van der Waals surface area contributed by atoms with Crippen LogP contribution in [0.2, 0.25) is 0 Å². The molecule has 0 bridgehead atoms. The Hall–Kier alpha value is -5.11. The number of carbonyl (C=O) groups excluding carboxylic acids is 2. The first-order valence-corrected chi connectivity index (χ1v) is 14.9. The van der Waals surface area contributed by atoms with Gasteiger partial charge in [0, 0.05) is 19.6 Å². The lowest BCUT2D eigenvalue weighted by atomic mass is 9.81. The molecule has 44 heavy (non-hydrogen) atoms. The number of nitrogens with two attached hydrogens (primary N) is 1. The van der Waals surface area contributed by atoms with Crippen LogP contribution in [0.3, 0.4) is 0 Å². The Morgan fingerprint density at radius 1 is 0.864 bits per heavy atom. The molecule has 8 nitrogen and oxygen atoms in total. The molecule has 224 valence electrons. The number of ether oxygens (including phenoxy) is 2. The van der Waals surface area contributed by atoms with Gasteiger partial charge in [0.1, 0.15) is 12.4 Å². The highest BCUT2D eigenvalue weighted by molar-refractivity contribution is 6.09. The number of nitrogens with zero attached hydrogens (tertiary/aromatic N) is 3. The topological polar surface area (TPSA) is 97.5 Å². The van der Waals surface area contributed by atoms with Crippen LogP contribution in [0.25, 0.3) is 11.1 Å². The molecular formula is C36H36N4O4. The van der Waals surface area contributed by atoms with Crippen molar-refractivity contribution in [1.82, 2.24) is 9.80 Å². The summed E-state index contributed by atoms with van der Waals surface area (Å²) in [4.78, 5) is 35.4. The Bertz CT molecular complexity index is 1650. The summed E-state index contributed by atoms with van der Waals surface area (Å²) in [6.45, 7) is 1.80. The molecule has 0 aromatic heterocycles. The largest absolute Gasteiger partial charge is 0.497 e. The minimum absolute atomic E-state index is 0.167. The minimum Gasteiger partial charge on any atom is -0.497 e. The van der Waals surface area contributed by atoms with Crippen molar-refractivity contribution in [2.75, 3.05) is 26.7 Å². The summed E-state index contributed by atoms with van der Waals surface area (Å²) in [6, 6.07) is 35.0. The highest BCUT2D eigenvalue weighted by Crippen LogP contribution is 2.41. The standard InChI is InChI=1S/C36H36N4O4/c1-43-32-17-9-13-29(23-32)28-12-8-16-31(22-28)36(30-14-6-3-7-15-30)33(41)40(34(37)38-36)24-26-18-20-39(21-19-26)35(42)44-25-27-10-4-2-5-11-27/h2-17,22-23,26H,18-21,24-25H2,1H3,(H2,37,38). The monoisotopic (exact) mass is 588 g/mol. The lowest BCUT2D eigenvalue weighted by Gasteiger charge is -2.34. The Labute approximate surface area is 257 Å². The second-order valence-electron chi connectivity index (χ2n) is 11.2. The van der Waals surface area contributed by atoms with E-state index in [2.05, 4.69) is 0 Å². The van der Waals surface area contributed by atoms with Crippen molar-refractivity contribution >= 4 is 18.0 Å². The van der Waals surface area contributed by atoms with Crippen molar-refractivity contribution in [1.29, 1.82) is 0 Å². The van der Waals surface area contributed by atoms with Crippen LogP contribution in [0, 0.1) is 5.92 Å². The van der Waals surface area contributed by atoms with E-state index in [0.717, 1.165) is 46.4 Å². The summed E-state index contributed by atoms with van der Waals surface area (Å²) in [5.41, 5.74) is 9.62. The second kappa shape index (κ2) is 12.6. The van der Waals surface area contributed by atoms with Gasteiger partial charge in [-0.25, -0.2) is 9.79 Å². The Balaban J connectivity index is 1.20. The predicted octanol–water partition coefficient (Wildman–Crippen LogP) is 5.81. The zero-order valence-corrected chi connectivity index (χ0v) is 24.8. The molecule has 6 rings (SSSR count). The van der Waals surface area contributed by atoms with Crippen molar-refractivity contribution in [3.63, 3.8) is 0 Å². The number of aliphatic imine (C=N–C) groups is 1. The summed E-state index contributed by atoms with van der Waals surface area (Å²) in [5, 5.41) is 0. The fourth-order valence-corrected chi connectivity index (χ4v) is 6.07. The molecule has 4 aromatic carbocycles. The molecule has 0 aliphatic carbocycles. The van der Waals surface area contributed by atoms with Crippen LogP contribution >= 0.6 is 0 Å². The predicted molar refractivity (Wildman–Crippen MR) is 170 cm³/mol. The molecule has 0 radical (unpaired) electrons. The van der Waals surface area contributed by atoms with Gasteiger partial charge in [-0.05, 0) is 64.8 Å². The molecule has 2 N–H and O–H groups in total. The van der Waals surface area contributed by atoms with E-state index in [9.17, 15) is 9.59 Å². The third-order valence-corrected chi connectivity index (χ3v) is 8.51. The van der Waals surface area contributed by atoms with Gasteiger partial charge >= 0.3 is 6.09 Å². The van der Waals surface area contributed by atoms with E-state index in [1.54, 1.807) is 16.9 Å². The van der Waals surface area contributed by atoms with E-state index < -0.39 is 5.54 Å². The molecule has 2 aliphatic heterocycles. The first-order chi connectivity index (χ1) is 21.5. The number of methoxy groups -OCH3 is 1. The number of hydrogen-bond acceptors (Lipinski definition) is 6. The first-order valence-electron chi connectivity index (χ1n) is 14.9. The van der Waals surface area contributed by atoms with Gasteiger partial charge in [0.25, 0.3) is 5.91 Å². The number of guanidine groups is 1. The van der Waals surface area contributed by atoms with Gasteiger partial charge in [0.2, 0.25) is 0 Å². The van der Waals surface area contributed by atoms with Gasteiger partial charge in [0.05, 0.1) is 7.11 Å². The molecule has 0 spiro atoms. The molecule has 1 fully saturated rings. The number of carbonyl (C=O) groups is 2. The average molecular weight is 589 g/mol. The maximum atomic E-state index is 14.5. The molecule has 1 unspecified atom stereocenters. The first kappa shape index (κ1) is 29.0. The van der Waals surface area contributed by atoms with Gasteiger partial charge in [-0.3, -0.25) is 9.69 Å². The van der Waals surface area contributed by atoms with E-state index in [1.165, 1.54) is 0 Å². The van der Waals surface area contributed by atoms with Crippen LogP contribution in [0.1, 0.15) is 29.5 Å². The normalized spacial score (nSPS) is 18.7. The number of benzene rings is 4. The Kier molecular flexibility index (Phi) is 8.32. The summed E-state index contributed by atoms with van der Waals surface area (Å²) in [6.07, 6.45) is 1.16. The summed E-state index contributed by atoms with van der Waals surface area (Å²) in [5.74, 6) is 0.955. The van der Waals surface area contributed by atoms with Crippen LogP contribution in [-0.2, 0) is 21.7 Å². The van der Waals surface area contributed by atoms with Gasteiger partial charge in [-0.1, -0.05) is 91.0 Å². The van der Waals surface area contributed by atoms with Gasteiger partial charge in [-0.15, -0.1) is 0 Å². The van der Waals surface area contributed by atoms with E-state index in [0.29, 0.717) is 19.6 Å². The lowest BCUT2D eigenvalue weighted by molar-refractivity contribution is -0.130.